The van der Waals surface area contributed by atoms with E-state index in [1.54, 1.807) is 7.05 Å². The van der Waals surface area contributed by atoms with E-state index in [1.807, 2.05) is 18.2 Å². The first kappa shape index (κ1) is 13.8. The molecule has 1 amide bonds. The van der Waals surface area contributed by atoms with Gasteiger partial charge in [0.2, 0.25) is 0 Å². The normalized spacial score (nSPS) is 22.4. The van der Waals surface area contributed by atoms with Crippen LogP contribution < -0.4 is 5.32 Å². The molecule has 1 fully saturated rings. The van der Waals surface area contributed by atoms with Crippen molar-refractivity contribution < 1.29 is 4.79 Å². The first-order chi connectivity index (χ1) is 10.1. The summed E-state index contributed by atoms with van der Waals surface area (Å²) in [6.07, 6.45) is 1.49. The summed E-state index contributed by atoms with van der Waals surface area (Å²) in [5.41, 5.74) is 1.74. The molecule has 1 aliphatic heterocycles. The maximum absolute atomic E-state index is 12.3. The molecule has 1 saturated heterocycles. The Hall–Kier alpha value is -2.21. The Kier molecular flexibility index (Phi) is 3.70. The van der Waals surface area contributed by atoms with Crippen molar-refractivity contribution in [3.63, 3.8) is 0 Å². The van der Waals surface area contributed by atoms with Crippen molar-refractivity contribution in [3.05, 3.63) is 47.8 Å². The largest absolute Gasteiger partial charge is 0.346 e. The zero-order valence-corrected chi connectivity index (χ0v) is 12.2. The predicted molar refractivity (Wildman–Crippen MR) is 78.9 cm³/mol. The third-order valence-corrected chi connectivity index (χ3v) is 3.99. The molecule has 1 N–H and O–H groups in total. The summed E-state index contributed by atoms with van der Waals surface area (Å²) in [5, 5.41) is 10.7. The topological polar surface area (TPSA) is 63.1 Å². The zero-order valence-electron chi connectivity index (χ0n) is 12.2. The molecule has 0 saturated carbocycles. The number of hydrogen-bond donors (Lipinski definition) is 1. The number of carbonyl (C=O) groups excluding carboxylic acids is 1. The number of nitrogens with zero attached hydrogens (tertiary/aromatic N) is 4. The average Bonchev–Trinajstić information content (AvgIpc) is 3.06. The summed E-state index contributed by atoms with van der Waals surface area (Å²) < 4.78 is 1.49. The van der Waals surface area contributed by atoms with E-state index < -0.39 is 0 Å². The van der Waals surface area contributed by atoms with Gasteiger partial charge in [-0.2, -0.15) is 0 Å². The third-order valence-electron chi connectivity index (χ3n) is 3.99. The number of rotatable bonds is 3. The maximum Gasteiger partial charge on any atom is 0.271 e. The highest BCUT2D eigenvalue weighted by Gasteiger charge is 2.33. The molecule has 6 nitrogen and oxygen atoms in total. The van der Waals surface area contributed by atoms with Crippen LogP contribution in [0.1, 0.15) is 22.0 Å². The average molecular weight is 285 g/mol. The Bertz CT molecular complexity index is 624. The molecule has 21 heavy (non-hydrogen) atoms. The molecule has 2 atom stereocenters. The summed E-state index contributed by atoms with van der Waals surface area (Å²) in [6, 6.07) is 10.4. The number of hydrogen-bond acceptors (Lipinski definition) is 4. The van der Waals surface area contributed by atoms with E-state index in [2.05, 4.69) is 39.7 Å². The van der Waals surface area contributed by atoms with E-state index in [9.17, 15) is 4.79 Å². The molecule has 0 spiro atoms. The van der Waals surface area contributed by atoms with Crippen LogP contribution in [-0.2, 0) is 7.05 Å². The lowest BCUT2D eigenvalue weighted by Crippen LogP contribution is -2.40. The summed E-state index contributed by atoms with van der Waals surface area (Å²) in [6.45, 7) is 1.79. The van der Waals surface area contributed by atoms with Gasteiger partial charge in [0, 0.05) is 32.1 Å². The molecule has 0 radical (unpaired) electrons. The van der Waals surface area contributed by atoms with Gasteiger partial charge in [-0.1, -0.05) is 35.5 Å². The van der Waals surface area contributed by atoms with Crippen LogP contribution in [0.3, 0.4) is 0 Å². The summed E-state index contributed by atoms with van der Waals surface area (Å²) in [4.78, 5) is 14.6. The van der Waals surface area contributed by atoms with Crippen molar-refractivity contribution in [2.75, 3.05) is 20.1 Å². The lowest BCUT2D eigenvalue weighted by molar-refractivity contribution is 0.0926. The second kappa shape index (κ2) is 5.65. The maximum atomic E-state index is 12.3. The van der Waals surface area contributed by atoms with E-state index in [-0.39, 0.29) is 11.9 Å². The van der Waals surface area contributed by atoms with Crippen molar-refractivity contribution in [1.82, 2.24) is 25.2 Å². The van der Waals surface area contributed by atoms with Crippen LogP contribution in [0.2, 0.25) is 0 Å². The molecule has 0 unspecified atom stereocenters. The van der Waals surface area contributed by atoms with Crippen LogP contribution in [0.15, 0.2) is 36.5 Å². The number of amides is 1. The third kappa shape index (κ3) is 2.80. The van der Waals surface area contributed by atoms with Crippen molar-refractivity contribution in [2.24, 2.45) is 7.05 Å². The highest BCUT2D eigenvalue weighted by molar-refractivity contribution is 5.92. The van der Waals surface area contributed by atoms with E-state index >= 15 is 0 Å². The van der Waals surface area contributed by atoms with Crippen LogP contribution in [0.25, 0.3) is 0 Å². The summed E-state index contributed by atoms with van der Waals surface area (Å²) in [5.74, 6) is 0.185. The van der Waals surface area contributed by atoms with Gasteiger partial charge in [-0.3, -0.25) is 4.79 Å². The lowest BCUT2D eigenvalue weighted by atomic mass is 9.94. The minimum atomic E-state index is -0.122. The second-order valence-corrected chi connectivity index (χ2v) is 5.56. The molecular weight excluding hydrogens is 266 g/mol. The smallest absolute Gasteiger partial charge is 0.271 e. The first-order valence-corrected chi connectivity index (χ1v) is 7.04. The number of aryl methyl sites for hydroxylation is 1. The van der Waals surface area contributed by atoms with Gasteiger partial charge < -0.3 is 10.2 Å². The Morgan fingerprint density at radius 1 is 1.24 bits per heavy atom. The molecule has 1 aliphatic rings. The fraction of sp³-hybridized carbons (Fsp3) is 0.400. The molecule has 3 rings (SSSR count). The van der Waals surface area contributed by atoms with Gasteiger partial charge in [-0.25, -0.2) is 4.68 Å². The van der Waals surface area contributed by atoms with E-state index in [0.717, 1.165) is 13.1 Å². The van der Waals surface area contributed by atoms with Crippen molar-refractivity contribution in [1.29, 1.82) is 0 Å². The van der Waals surface area contributed by atoms with Gasteiger partial charge in [0.25, 0.3) is 5.91 Å². The van der Waals surface area contributed by atoms with Crippen molar-refractivity contribution in [3.8, 4) is 0 Å². The van der Waals surface area contributed by atoms with Crippen LogP contribution in [0.5, 0.6) is 0 Å². The molecule has 1 aromatic carbocycles. The summed E-state index contributed by atoms with van der Waals surface area (Å²) >= 11 is 0. The monoisotopic (exact) mass is 285 g/mol. The van der Waals surface area contributed by atoms with Crippen LogP contribution in [-0.4, -0.2) is 52.0 Å². The van der Waals surface area contributed by atoms with Gasteiger partial charge in [0.15, 0.2) is 0 Å². The van der Waals surface area contributed by atoms with Gasteiger partial charge >= 0.3 is 0 Å². The quantitative estimate of drug-likeness (QED) is 0.899. The highest BCUT2D eigenvalue weighted by atomic mass is 16.2. The number of benzene rings is 1. The molecule has 0 bridgehead atoms. The second-order valence-electron chi connectivity index (χ2n) is 5.56. The number of likely N-dealkylation sites (tertiary alicyclic amines) is 1. The standard InChI is InChI=1S/C15H19N5O/c1-19-9-12(11-6-4-3-5-7-11)13(10-19)17-15(21)14-8-16-18-20(14)2/h3-8,12-13H,9-10H2,1-2H3,(H,17,21)/t12-,13-/m0/s1. The van der Waals surface area contributed by atoms with Crippen LogP contribution in [0, 0.1) is 0 Å². The molecule has 2 heterocycles. The molecule has 6 heteroatoms. The number of nitrogens with one attached hydrogen (secondary N) is 1. The van der Waals surface area contributed by atoms with E-state index in [1.165, 1.54) is 16.4 Å². The van der Waals surface area contributed by atoms with E-state index in [0.29, 0.717) is 11.6 Å². The highest BCUT2D eigenvalue weighted by Crippen LogP contribution is 2.26. The van der Waals surface area contributed by atoms with Gasteiger partial charge in [0.05, 0.1) is 6.20 Å². The Balaban J connectivity index is 1.77. The van der Waals surface area contributed by atoms with E-state index in [4.69, 9.17) is 0 Å². The van der Waals surface area contributed by atoms with Crippen LogP contribution >= 0.6 is 0 Å². The minimum Gasteiger partial charge on any atom is -0.346 e. The lowest BCUT2D eigenvalue weighted by Gasteiger charge is -2.20. The Morgan fingerprint density at radius 2 is 2.00 bits per heavy atom. The molecule has 1 aromatic heterocycles. The fourth-order valence-electron chi connectivity index (χ4n) is 2.92. The van der Waals surface area contributed by atoms with Gasteiger partial charge in [-0.05, 0) is 12.6 Å². The fourth-order valence-corrected chi connectivity index (χ4v) is 2.92. The molecule has 110 valence electrons. The minimum absolute atomic E-state index is 0.0970. The Labute approximate surface area is 123 Å². The van der Waals surface area contributed by atoms with Gasteiger partial charge in [0.1, 0.15) is 5.69 Å². The molecule has 2 aromatic rings. The zero-order chi connectivity index (χ0) is 14.8. The SMILES string of the molecule is CN1C[C@H](NC(=O)c2cnnn2C)[C@H](c2ccccc2)C1. The molecule has 0 aliphatic carbocycles. The first-order valence-electron chi connectivity index (χ1n) is 7.04. The number of aromatic nitrogens is 3. The molecular formula is C15H19N5O. The number of likely N-dealkylation sites (N-methyl/N-ethyl adjacent to an activating group) is 1. The van der Waals surface area contributed by atoms with Crippen molar-refractivity contribution in [2.45, 2.75) is 12.0 Å². The van der Waals surface area contributed by atoms with Crippen molar-refractivity contribution >= 4 is 5.91 Å². The predicted octanol–water partition coefficient (Wildman–Crippen LogP) is 0.643. The Morgan fingerprint density at radius 3 is 2.67 bits per heavy atom. The number of carbonyl (C=O) groups is 1. The summed E-state index contributed by atoms with van der Waals surface area (Å²) in [7, 11) is 3.80. The van der Waals surface area contributed by atoms with Crippen LogP contribution in [0.4, 0.5) is 0 Å². The van der Waals surface area contributed by atoms with Gasteiger partial charge in [-0.15, -0.1) is 5.10 Å².